The molecule has 0 unspecified atom stereocenters. The highest BCUT2D eigenvalue weighted by molar-refractivity contribution is 6.30. The molecule has 0 aliphatic carbocycles. The first-order valence-electron chi connectivity index (χ1n) is 8.76. The molecular formula is C21H21ClN4O. The zero-order valence-electron chi connectivity index (χ0n) is 15.3. The van der Waals surface area contributed by atoms with Gasteiger partial charge in [-0.1, -0.05) is 48.0 Å². The third-order valence-electron chi connectivity index (χ3n) is 4.21. The first-order chi connectivity index (χ1) is 13.1. The van der Waals surface area contributed by atoms with E-state index in [0.717, 1.165) is 16.8 Å². The van der Waals surface area contributed by atoms with Gasteiger partial charge in [-0.05, 0) is 43.2 Å². The van der Waals surface area contributed by atoms with Crippen LogP contribution < -0.4 is 5.32 Å². The van der Waals surface area contributed by atoms with Gasteiger partial charge < -0.3 is 10.2 Å². The summed E-state index contributed by atoms with van der Waals surface area (Å²) in [6.07, 6.45) is 1.58. The number of rotatable bonds is 6. The van der Waals surface area contributed by atoms with Gasteiger partial charge in [0.1, 0.15) is 5.69 Å². The van der Waals surface area contributed by atoms with Gasteiger partial charge in [-0.15, -0.1) is 0 Å². The molecular weight excluding hydrogens is 360 g/mol. The molecule has 1 amide bonds. The highest BCUT2D eigenvalue weighted by Crippen LogP contribution is 2.22. The summed E-state index contributed by atoms with van der Waals surface area (Å²) in [6, 6.07) is 17.1. The third kappa shape index (κ3) is 4.83. The van der Waals surface area contributed by atoms with Crippen LogP contribution in [0.5, 0.6) is 0 Å². The number of hydrogen-bond acceptors (Lipinski definition) is 4. The Morgan fingerprint density at radius 3 is 2.67 bits per heavy atom. The van der Waals surface area contributed by atoms with Gasteiger partial charge in [0.15, 0.2) is 0 Å². The number of carbonyl (C=O) groups excluding carboxylic acids is 1. The Bertz CT molecular complexity index is 930. The monoisotopic (exact) mass is 380 g/mol. The van der Waals surface area contributed by atoms with Crippen molar-refractivity contribution in [3.05, 3.63) is 82.6 Å². The first kappa shape index (κ1) is 18.9. The second-order valence-electron chi connectivity index (χ2n) is 6.15. The van der Waals surface area contributed by atoms with E-state index in [-0.39, 0.29) is 5.91 Å². The average Bonchev–Trinajstić information content (AvgIpc) is 2.69. The SMILES string of the molecule is CCN(Cc1ccccc1)C(=O)c1ccnc(Nc2cc(Cl)ccc2C)n1. The number of amides is 1. The lowest BCUT2D eigenvalue weighted by Crippen LogP contribution is -2.31. The molecule has 0 saturated carbocycles. The van der Waals surface area contributed by atoms with Crippen molar-refractivity contribution < 1.29 is 4.79 Å². The first-order valence-corrected chi connectivity index (χ1v) is 9.14. The summed E-state index contributed by atoms with van der Waals surface area (Å²) in [5, 5.41) is 3.76. The largest absolute Gasteiger partial charge is 0.333 e. The lowest BCUT2D eigenvalue weighted by atomic mass is 10.2. The number of halogens is 1. The van der Waals surface area contributed by atoms with E-state index in [9.17, 15) is 4.79 Å². The maximum Gasteiger partial charge on any atom is 0.272 e. The molecule has 3 rings (SSSR count). The lowest BCUT2D eigenvalue weighted by Gasteiger charge is -2.20. The van der Waals surface area contributed by atoms with Crippen molar-refractivity contribution in [3.63, 3.8) is 0 Å². The summed E-state index contributed by atoms with van der Waals surface area (Å²) in [5.74, 6) is 0.233. The van der Waals surface area contributed by atoms with E-state index in [1.165, 1.54) is 0 Å². The molecule has 1 aromatic heterocycles. The van der Waals surface area contributed by atoms with Crippen molar-refractivity contribution in [2.45, 2.75) is 20.4 Å². The van der Waals surface area contributed by atoms with E-state index in [2.05, 4.69) is 15.3 Å². The fraction of sp³-hybridized carbons (Fsp3) is 0.190. The molecule has 0 atom stereocenters. The number of aryl methyl sites for hydroxylation is 1. The summed E-state index contributed by atoms with van der Waals surface area (Å²) >= 11 is 6.06. The predicted octanol–water partition coefficient (Wildman–Crippen LogP) is 4.84. The minimum absolute atomic E-state index is 0.130. The molecule has 138 valence electrons. The van der Waals surface area contributed by atoms with Crippen LogP contribution in [0.15, 0.2) is 60.8 Å². The minimum Gasteiger partial charge on any atom is -0.333 e. The molecule has 3 aromatic rings. The molecule has 2 aromatic carbocycles. The van der Waals surface area contributed by atoms with Crippen molar-refractivity contribution in [1.29, 1.82) is 0 Å². The van der Waals surface area contributed by atoms with Crippen LogP contribution in [0.1, 0.15) is 28.5 Å². The molecule has 0 aliphatic rings. The van der Waals surface area contributed by atoms with Crippen LogP contribution in [0.4, 0.5) is 11.6 Å². The van der Waals surface area contributed by atoms with Crippen molar-refractivity contribution in [2.24, 2.45) is 0 Å². The minimum atomic E-state index is -0.130. The quantitative estimate of drug-likeness (QED) is 0.664. The van der Waals surface area contributed by atoms with E-state index < -0.39 is 0 Å². The maximum absolute atomic E-state index is 12.9. The van der Waals surface area contributed by atoms with E-state index in [1.54, 1.807) is 17.2 Å². The molecule has 1 N–H and O–H groups in total. The Kier molecular flexibility index (Phi) is 6.04. The van der Waals surface area contributed by atoms with Gasteiger partial charge in [-0.3, -0.25) is 4.79 Å². The molecule has 0 fully saturated rings. The van der Waals surface area contributed by atoms with Crippen molar-refractivity contribution in [1.82, 2.24) is 14.9 Å². The lowest BCUT2D eigenvalue weighted by molar-refractivity contribution is 0.0746. The topological polar surface area (TPSA) is 58.1 Å². The smallest absolute Gasteiger partial charge is 0.272 e. The van der Waals surface area contributed by atoms with E-state index in [1.807, 2.05) is 62.4 Å². The number of aromatic nitrogens is 2. The second-order valence-corrected chi connectivity index (χ2v) is 6.59. The third-order valence-corrected chi connectivity index (χ3v) is 4.44. The van der Waals surface area contributed by atoms with Gasteiger partial charge in [-0.25, -0.2) is 9.97 Å². The van der Waals surface area contributed by atoms with Crippen LogP contribution in [-0.4, -0.2) is 27.3 Å². The van der Waals surface area contributed by atoms with Crippen LogP contribution in [0.3, 0.4) is 0 Å². The molecule has 0 spiro atoms. The summed E-state index contributed by atoms with van der Waals surface area (Å²) < 4.78 is 0. The normalized spacial score (nSPS) is 10.5. The summed E-state index contributed by atoms with van der Waals surface area (Å²) in [7, 11) is 0. The molecule has 1 heterocycles. The van der Waals surface area contributed by atoms with Crippen LogP contribution in [0.2, 0.25) is 5.02 Å². The number of carbonyl (C=O) groups is 1. The van der Waals surface area contributed by atoms with Gasteiger partial charge in [0.25, 0.3) is 5.91 Å². The van der Waals surface area contributed by atoms with Crippen molar-refractivity contribution >= 4 is 29.1 Å². The Morgan fingerprint density at radius 1 is 1.15 bits per heavy atom. The van der Waals surface area contributed by atoms with Gasteiger partial charge in [0, 0.05) is 30.0 Å². The number of hydrogen-bond donors (Lipinski definition) is 1. The average molecular weight is 381 g/mol. The molecule has 0 bridgehead atoms. The molecule has 0 radical (unpaired) electrons. The van der Waals surface area contributed by atoms with Crippen molar-refractivity contribution in [2.75, 3.05) is 11.9 Å². The molecule has 0 saturated heterocycles. The van der Waals surface area contributed by atoms with Crippen LogP contribution in [0.25, 0.3) is 0 Å². The Labute approximate surface area is 164 Å². The zero-order chi connectivity index (χ0) is 19.2. The van der Waals surface area contributed by atoms with Gasteiger partial charge in [0.2, 0.25) is 5.95 Å². The van der Waals surface area contributed by atoms with Gasteiger partial charge in [0.05, 0.1) is 0 Å². The fourth-order valence-electron chi connectivity index (χ4n) is 2.68. The van der Waals surface area contributed by atoms with Crippen LogP contribution in [0, 0.1) is 6.92 Å². The van der Waals surface area contributed by atoms with E-state index in [4.69, 9.17) is 11.6 Å². The number of nitrogens with zero attached hydrogens (tertiary/aromatic N) is 3. The highest BCUT2D eigenvalue weighted by Gasteiger charge is 2.17. The standard InChI is InChI=1S/C21H21ClN4O/c1-3-26(14-16-7-5-4-6-8-16)20(27)18-11-12-23-21(24-18)25-19-13-17(22)10-9-15(19)2/h4-13H,3,14H2,1-2H3,(H,23,24,25). The Morgan fingerprint density at radius 2 is 1.93 bits per heavy atom. The van der Waals surface area contributed by atoms with Crippen molar-refractivity contribution in [3.8, 4) is 0 Å². The predicted molar refractivity (Wildman–Crippen MR) is 108 cm³/mol. The number of anilines is 2. The molecule has 5 nitrogen and oxygen atoms in total. The Balaban J connectivity index is 1.79. The summed E-state index contributed by atoms with van der Waals surface area (Å²) in [5.41, 5.74) is 3.25. The van der Waals surface area contributed by atoms with Gasteiger partial charge >= 0.3 is 0 Å². The van der Waals surface area contributed by atoms with Gasteiger partial charge in [-0.2, -0.15) is 0 Å². The molecule has 0 aliphatic heterocycles. The van der Waals surface area contributed by atoms with E-state index >= 15 is 0 Å². The van der Waals surface area contributed by atoms with Crippen LogP contribution >= 0.6 is 11.6 Å². The second kappa shape index (κ2) is 8.64. The number of benzene rings is 2. The maximum atomic E-state index is 12.9. The fourth-order valence-corrected chi connectivity index (χ4v) is 2.85. The molecule has 27 heavy (non-hydrogen) atoms. The van der Waals surface area contributed by atoms with Crippen LogP contribution in [-0.2, 0) is 6.54 Å². The molecule has 6 heteroatoms. The summed E-state index contributed by atoms with van der Waals surface area (Å²) in [6.45, 7) is 5.05. The summed E-state index contributed by atoms with van der Waals surface area (Å²) in [4.78, 5) is 23.3. The van der Waals surface area contributed by atoms with E-state index in [0.29, 0.717) is 29.8 Å². The number of nitrogens with one attached hydrogen (secondary N) is 1. The Hall–Kier alpha value is -2.92. The highest BCUT2D eigenvalue weighted by atomic mass is 35.5. The zero-order valence-corrected chi connectivity index (χ0v) is 16.1.